The van der Waals surface area contributed by atoms with Crippen molar-refractivity contribution in [3.63, 3.8) is 0 Å². The van der Waals surface area contributed by atoms with Crippen LogP contribution in [0.4, 0.5) is 5.69 Å². The van der Waals surface area contributed by atoms with Crippen molar-refractivity contribution in [1.82, 2.24) is 14.5 Å². The topological polar surface area (TPSA) is 97.1 Å². The van der Waals surface area contributed by atoms with Crippen molar-refractivity contribution in [3.05, 3.63) is 56.8 Å². The molecule has 0 fully saturated rings. The largest absolute Gasteiger partial charge is 0.504 e. The first-order chi connectivity index (χ1) is 13.6. The van der Waals surface area contributed by atoms with E-state index in [2.05, 4.69) is 36.1 Å². The number of aromatic hydroxyl groups is 1. The molecule has 2 N–H and O–H groups in total. The summed E-state index contributed by atoms with van der Waals surface area (Å²) in [6.45, 7) is 6.80. The van der Waals surface area contributed by atoms with Gasteiger partial charge in [-0.15, -0.1) is 0 Å². The number of hydrogen-bond donors (Lipinski definition) is 2. The highest BCUT2D eigenvalue weighted by Gasteiger charge is 2.17. The number of carbonyl (C=O) groups excluding carboxylic acids is 1. The smallest absolute Gasteiger partial charge is 0.274 e. The molecule has 0 saturated heterocycles. The predicted octanol–water partition coefficient (Wildman–Crippen LogP) is 4.49. The zero-order chi connectivity index (χ0) is 21.3. The molecule has 3 rings (SSSR count). The number of pyridine rings is 1. The summed E-state index contributed by atoms with van der Waals surface area (Å²) in [7, 11) is 0. The number of nitrogens with zero attached hydrogens (tertiary/aromatic N) is 3. The number of rotatable bonds is 4. The molecule has 0 aliphatic rings. The van der Waals surface area contributed by atoms with Crippen molar-refractivity contribution in [2.45, 2.75) is 33.7 Å². The minimum atomic E-state index is -0.620. The van der Waals surface area contributed by atoms with Crippen molar-refractivity contribution >= 4 is 45.7 Å². The standard InChI is InChI=1S/C20H20Cl2N4O3/c1-20(2,3)7-8-26-10-23-12-5-4-6-13(15(12)19(26)29)25-18(28)14-9-11(21)16(27)17(22)24-14/h4-6,9-10,27H,7-8H2,1-3H3,(H,25,28). The number of aryl methyl sites for hydroxylation is 1. The number of carbonyl (C=O) groups is 1. The van der Waals surface area contributed by atoms with Crippen LogP contribution < -0.4 is 10.9 Å². The molecule has 0 aliphatic heterocycles. The number of amides is 1. The lowest BCUT2D eigenvalue weighted by atomic mass is 9.92. The molecule has 0 atom stereocenters. The molecular weight excluding hydrogens is 415 g/mol. The summed E-state index contributed by atoms with van der Waals surface area (Å²) < 4.78 is 1.54. The van der Waals surface area contributed by atoms with E-state index in [1.165, 1.54) is 17.0 Å². The maximum atomic E-state index is 13.0. The van der Waals surface area contributed by atoms with Gasteiger partial charge in [0.05, 0.1) is 27.9 Å². The second-order valence-electron chi connectivity index (χ2n) is 7.84. The molecule has 0 bridgehead atoms. The number of fused-ring (bicyclic) bond motifs is 1. The van der Waals surface area contributed by atoms with Crippen LogP contribution in [0.5, 0.6) is 5.75 Å². The highest BCUT2D eigenvalue weighted by atomic mass is 35.5. The molecule has 0 saturated carbocycles. The van der Waals surface area contributed by atoms with Crippen LogP contribution in [-0.2, 0) is 6.54 Å². The molecule has 1 aromatic carbocycles. The van der Waals surface area contributed by atoms with E-state index in [-0.39, 0.29) is 26.8 Å². The van der Waals surface area contributed by atoms with E-state index in [1.807, 2.05) is 0 Å². The Balaban J connectivity index is 1.99. The Morgan fingerprint density at radius 1 is 1.28 bits per heavy atom. The van der Waals surface area contributed by atoms with Crippen LogP contribution in [0.25, 0.3) is 10.9 Å². The predicted molar refractivity (Wildman–Crippen MR) is 114 cm³/mol. The molecular formula is C20H20Cl2N4O3. The summed E-state index contributed by atoms with van der Waals surface area (Å²) in [6, 6.07) is 6.20. The summed E-state index contributed by atoms with van der Waals surface area (Å²) >= 11 is 11.7. The number of aromatic nitrogens is 3. The Morgan fingerprint density at radius 3 is 2.66 bits per heavy atom. The van der Waals surface area contributed by atoms with Crippen LogP contribution in [0.3, 0.4) is 0 Å². The fraction of sp³-hybridized carbons (Fsp3) is 0.300. The van der Waals surface area contributed by atoms with Crippen molar-refractivity contribution in [2.75, 3.05) is 5.32 Å². The Labute approximate surface area is 177 Å². The molecule has 7 nitrogen and oxygen atoms in total. The number of benzene rings is 1. The van der Waals surface area contributed by atoms with Crippen molar-refractivity contribution in [3.8, 4) is 5.75 Å². The minimum Gasteiger partial charge on any atom is -0.504 e. The SMILES string of the molecule is CC(C)(C)CCn1cnc2cccc(NC(=O)c3cc(Cl)c(O)c(Cl)n3)c2c1=O. The van der Waals surface area contributed by atoms with E-state index in [1.54, 1.807) is 18.2 Å². The molecule has 3 aromatic rings. The van der Waals surface area contributed by atoms with Crippen molar-refractivity contribution in [1.29, 1.82) is 0 Å². The van der Waals surface area contributed by atoms with Gasteiger partial charge in [-0.2, -0.15) is 0 Å². The van der Waals surface area contributed by atoms with Crippen molar-refractivity contribution in [2.24, 2.45) is 5.41 Å². The fourth-order valence-corrected chi connectivity index (χ4v) is 3.13. The van der Waals surface area contributed by atoms with Gasteiger partial charge in [0.1, 0.15) is 5.69 Å². The first kappa shape index (κ1) is 21.1. The van der Waals surface area contributed by atoms with Gasteiger partial charge >= 0.3 is 0 Å². The summed E-state index contributed by atoms with van der Waals surface area (Å²) in [6.07, 6.45) is 2.31. The lowest BCUT2D eigenvalue weighted by molar-refractivity contribution is 0.102. The number of halogens is 2. The maximum Gasteiger partial charge on any atom is 0.274 e. The van der Waals surface area contributed by atoms with E-state index in [4.69, 9.17) is 23.2 Å². The van der Waals surface area contributed by atoms with E-state index in [0.717, 1.165) is 6.42 Å². The molecule has 0 spiro atoms. The van der Waals surface area contributed by atoms with Crippen LogP contribution in [-0.4, -0.2) is 25.5 Å². The van der Waals surface area contributed by atoms with Crippen LogP contribution in [0.2, 0.25) is 10.2 Å². The average Bonchev–Trinajstić information content (AvgIpc) is 2.64. The summed E-state index contributed by atoms with van der Waals surface area (Å²) in [5.74, 6) is -1.02. The number of anilines is 1. The molecule has 152 valence electrons. The monoisotopic (exact) mass is 434 g/mol. The molecule has 0 aliphatic carbocycles. The van der Waals surface area contributed by atoms with Gasteiger partial charge in [-0.1, -0.05) is 50.0 Å². The highest BCUT2D eigenvalue weighted by Crippen LogP contribution is 2.30. The third-order valence-electron chi connectivity index (χ3n) is 4.34. The van der Waals surface area contributed by atoms with Crippen LogP contribution in [0.15, 0.2) is 35.4 Å². The normalized spacial score (nSPS) is 11.6. The Morgan fingerprint density at radius 2 is 2.00 bits per heavy atom. The Kier molecular flexibility index (Phi) is 5.82. The quantitative estimate of drug-likeness (QED) is 0.589. The summed E-state index contributed by atoms with van der Waals surface area (Å²) in [5.41, 5.74) is 0.494. The van der Waals surface area contributed by atoms with Crippen molar-refractivity contribution < 1.29 is 9.90 Å². The Bertz CT molecular complexity index is 1130. The number of nitrogens with one attached hydrogen (secondary N) is 1. The highest BCUT2D eigenvalue weighted by molar-refractivity contribution is 6.36. The minimum absolute atomic E-state index is 0.0607. The summed E-state index contributed by atoms with van der Waals surface area (Å²) in [4.78, 5) is 33.8. The second kappa shape index (κ2) is 8.00. The zero-order valence-electron chi connectivity index (χ0n) is 16.2. The van der Waals surface area contributed by atoms with E-state index in [9.17, 15) is 14.7 Å². The number of hydrogen-bond acceptors (Lipinski definition) is 5. The van der Waals surface area contributed by atoms with Crippen LogP contribution >= 0.6 is 23.2 Å². The van der Waals surface area contributed by atoms with Crippen LogP contribution in [0.1, 0.15) is 37.7 Å². The van der Waals surface area contributed by atoms with Gasteiger partial charge < -0.3 is 10.4 Å². The first-order valence-electron chi connectivity index (χ1n) is 8.91. The van der Waals surface area contributed by atoms with Gasteiger partial charge in [-0.25, -0.2) is 9.97 Å². The van der Waals surface area contributed by atoms with Gasteiger partial charge in [0, 0.05) is 6.54 Å². The zero-order valence-corrected chi connectivity index (χ0v) is 17.7. The molecule has 9 heteroatoms. The maximum absolute atomic E-state index is 13.0. The lowest BCUT2D eigenvalue weighted by Crippen LogP contribution is -2.24. The molecule has 2 heterocycles. The third kappa shape index (κ3) is 4.68. The first-order valence-corrected chi connectivity index (χ1v) is 9.67. The fourth-order valence-electron chi connectivity index (χ4n) is 2.70. The van der Waals surface area contributed by atoms with Gasteiger partial charge in [0.2, 0.25) is 0 Å². The molecule has 1 amide bonds. The van der Waals surface area contributed by atoms with Gasteiger partial charge in [-0.05, 0) is 30.0 Å². The summed E-state index contributed by atoms with van der Waals surface area (Å²) in [5, 5.41) is 12.2. The molecule has 29 heavy (non-hydrogen) atoms. The molecule has 0 radical (unpaired) electrons. The third-order valence-corrected chi connectivity index (χ3v) is 4.89. The second-order valence-corrected chi connectivity index (χ2v) is 8.60. The molecule has 0 unspecified atom stereocenters. The average molecular weight is 435 g/mol. The van der Waals surface area contributed by atoms with Gasteiger partial charge in [0.25, 0.3) is 11.5 Å². The van der Waals surface area contributed by atoms with E-state index in [0.29, 0.717) is 23.1 Å². The lowest BCUT2D eigenvalue weighted by Gasteiger charge is -2.18. The van der Waals surface area contributed by atoms with Gasteiger partial charge in [0.15, 0.2) is 10.9 Å². The van der Waals surface area contributed by atoms with Gasteiger partial charge in [-0.3, -0.25) is 14.2 Å². The van der Waals surface area contributed by atoms with Crippen LogP contribution in [0, 0.1) is 5.41 Å². The van der Waals surface area contributed by atoms with E-state index >= 15 is 0 Å². The molecule has 2 aromatic heterocycles. The Hall–Kier alpha value is -2.64. The van der Waals surface area contributed by atoms with E-state index < -0.39 is 11.7 Å².